The van der Waals surface area contributed by atoms with Crippen molar-refractivity contribution in [1.29, 1.82) is 0 Å². The molecule has 0 saturated carbocycles. The van der Waals surface area contributed by atoms with Crippen molar-refractivity contribution in [2.45, 2.75) is 32.9 Å². The molecule has 0 N–H and O–H groups in total. The van der Waals surface area contributed by atoms with Gasteiger partial charge in [-0.2, -0.15) is 0 Å². The summed E-state index contributed by atoms with van der Waals surface area (Å²) in [7, 11) is 3.14. The fourth-order valence-electron chi connectivity index (χ4n) is 3.67. The third kappa shape index (κ3) is 4.38. The van der Waals surface area contributed by atoms with Gasteiger partial charge in [-0.05, 0) is 56.0 Å². The number of carbonyl (C=O) groups excluding carboxylic acids is 1. The molecule has 1 aliphatic heterocycles. The molecule has 33 heavy (non-hydrogen) atoms. The Morgan fingerprint density at radius 3 is 2.58 bits per heavy atom. The average Bonchev–Trinajstić information content (AvgIpc) is 3.41. The van der Waals surface area contributed by atoms with Crippen molar-refractivity contribution in [2.24, 2.45) is 4.99 Å². The molecule has 2 aromatic heterocycles. The minimum atomic E-state index is -0.583. The number of fused-ring (bicyclic) bond motifs is 1. The van der Waals surface area contributed by atoms with Gasteiger partial charge in [0.1, 0.15) is 6.04 Å². The molecule has 3 heterocycles. The van der Waals surface area contributed by atoms with Crippen LogP contribution in [0.2, 0.25) is 0 Å². The van der Waals surface area contributed by atoms with Gasteiger partial charge in [0.2, 0.25) is 0 Å². The summed E-state index contributed by atoms with van der Waals surface area (Å²) in [5.41, 5.74) is 1.52. The molecule has 1 aliphatic rings. The van der Waals surface area contributed by atoms with E-state index >= 15 is 0 Å². The van der Waals surface area contributed by atoms with Crippen molar-refractivity contribution >= 4 is 34.7 Å². The van der Waals surface area contributed by atoms with E-state index in [1.54, 1.807) is 51.7 Å². The van der Waals surface area contributed by atoms with Gasteiger partial charge in [-0.25, -0.2) is 9.79 Å². The minimum Gasteiger partial charge on any atom is -0.493 e. The maximum atomic E-state index is 13.6. The van der Waals surface area contributed by atoms with Crippen LogP contribution in [0, 0.1) is 0 Å². The summed E-state index contributed by atoms with van der Waals surface area (Å²) in [6.07, 6.45) is 1.51. The maximum Gasteiger partial charge on any atom is 0.338 e. The SMILES string of the molecule is COc1ccc(/C=c2\sc3n(c2=O)C(c2cccs2)C(C(=O)OC(C)C)=C(C)N=3)cc1OC. The van der Waals surface area contributed by atoms with Crippen molar-refractivity contribution in [3.63, 3.8) is 0 Å². The molecule has 0 amide bonds. The van der Waals surface area contributed by atoms with Gasteiger partial charge in [-0.3, -0.25) is 9.36 Å². The van der Waals surface area contributed by atoms with Crippen molar-refractivity contribution in [1.82, 2.24) is 4.57 Å². The van der Waals surface area contributed by atoms with Crippen LogP contribution >= 0.6 is 22.7 Å². The van der Waals surface area contributed by atoms with E-state index in [0.29, 0.717) is 32.1 Å². The number of thiophene rings is 1. The molecule has 0 radical (unpaired) electrons. The molecule has 1 unspecified atom stereocenters. The van der Waals surface area contributed by atoms with Gasteiger partial charge in [0.25, 0.3) is 5.56 Å². The number of benzene rings is 1. The van der Waals surface area contributed by atoms with Crippen LogP contribution in [0.4, 0.5) is 0 Å². The summed E-state index contributed by atoms with van der Waals surface area (Å²) < 4.78 is 18.3. The first-order chi connectivity index (χ1) is 15.8. The zero-order valence-electron chi connectivity index (χ0n) is 18.9. The Kier molecular flexibility index (Phi) is 6.53. The van der Waals surface area contributed by atoms with Gasteiger partial charge in [0, 0.05) is 4.88 Å². The maximum absolute atomic E-state index is 13.6. The lowest BCUT2D eigenvalue weighted by molar-refractivity contribution is -0.143. The van der Waals surface area contributed by atoms with Gasteiger partial charge in [0.05, 0.1) is 36.1 Å². The van der Waals surface area contributed by atoms with Crippen LogP contribution < -0.4 is 24.4 Å². The number of methoxy groups -OCH3 is 2. The Labute approximate surface area is 198 Å². The molecule has 3 aromatic rings. The number of nitrogens with zero attached hydrogens (tertiary/aromatic N) is 2. The van der Waals surface area contributed by atoms with Crippen LogP contribution in [0.5, 0.6) is 11.5 Å². The van der Waals surface area contributed by atoms with Gasteiger partial charge in [-0.15, -0.1) is 11.3 Å². The van der Waals surface area contributed by atoms with Crippen LogP contribution in [0.15, 0.2) is 56.8 Å². The van der Waals surface area contributed by atoms with Crippen molar-refractivity contribution in [2.75, 3.05) is 14.2 Å². The number of ether oxygens (including phenoxy) is 3. The second kappa shape index (κ2) is 9.36. The van der Waals surface area contributed by atoms with Crippen LogP contribution in [0.1, 0.15) is 37.3 Å². The van der Waals surface area contributed by atoms with E-state index in [2.05, 4.69) is 4.99 Å². The first-order valence-corrected chi connectivity index (χ1v) is 12.0. The van der Waals surface area contributed by atoms with E-state index in [0.717, 1.165) is 10.4 Å². The van der Waals surface area contributed by atoms with E-state index in [-0.39, 0.29) is 11.7 Å². The summed E-state index contributed by atoms with van der Waals surface area (Å²) in [6.45, 7) is 5.38. The zero-order chi connectivity index (χ0) is 23.7. The third-order valence-corrected chi connectivity index (χ3v) is 7.01. The molecule has 9 heteroatoms. The lowest BCUT2D eigenvalue weighted by Crippen LogP contribution is -2.39. The number of hydrogen-bond acceptors (Lipinski definition) is 8. The first kappa shape index (κ1) is 23.0. The smallest absolute Gasteiger partial charge is 0.338 e. The van der Waals surface area contributed by atoms with Crippen LogP contribution in [0.25, 0.3) is 6.08 Å². The van der Waals surface area contributed by atoms with E-state index in [9.17, 15) is 9.59 Å². The molecule has 7 nitrogen and oxygen atoms in total. The number of rotatable bonds is 6. The van der Waals surface area contributed by atoms with Crippen LogP contribution in [-0.2, 0) is 9.53 Å². The van der Waals surface area contributed by atoms with Crippen molar-refractivity contribution < 1.29 is 19.0 Å². The largest absolute Gasteiger partial charge is 0.493 e. The number of thiazole rings is 1. The highest BCUT2D eigenvalue weighted by Crippen LogP contribution is 2.33. The number of esters is 1. The van der Waals surface area contributed by atoms with Gasteiger partial charge < -0.3 is 14.2 Å². The molecule has 172 valence electrons. The second-order valence-electron chi connectivity index (χ2n) is 7.67. The highest BCUT2D eigenvalue weighted by molar-refractivity contribution is 7.10. The highest BCUT2D eigenvalue weighted by atomic mass is 32.1. The van der Waals surface area contributed by atoms with Gasteiger partial charge in [-0.1, -0.05) is 23.5 Å². The Hall–Kier alpha value is -3.17. The van der Waals surface area contributed by atoms with Crippen LogP contribution in [-0.4, -0.2) is 30.9 Å². The molecule has 0 fully saturated rings. The number of allylic oxidation sites excluding steroid dienone is 1. The molecule has 1 aromatic carbocycles. The molecule has 0 saturated heterocycles. The minimum absolute atomic E-state index is 0.214. The third-order valence-electron chi connectivity index (χ3n) is 5.10. The van der Waals surface area contributed by atoms with Crippen molar-refractivity contribution in [3.8, 4) is 11.5 Å². The second-order valence-corrected chi connectivity index (χ2v) is 9.65. The normalized spacial score (nSPS) is 15.9. The number of carbonyl (C=O) groups is 1. The fourth-order valence-corrected chi connectivity index (χ4v) is 5.54. The molecule has 0 bridgehead atoms. The van der Waals surface area contributed by atoms with E-state index in [4.69, 9.17) is 14.2 Å². The standard InChI is InChI=1S/C24H24N2O5S2/c1-13(2)31-23(28)20-14(3)25-24-26(21(20)18-7-6-10-32-18)22(27)19(33-24)12-15-8-9-16(29-4)17(11-15)30-5/h6-13,21H,1-5H3/b19-12-. The molecule has 0 spiro atoms. The Balaban J connectivity index is 1.89. The van der Waals surface area contributed by atoms with Gasteiger partial charge in [0.15, 0.2) is 16.3 Å². The quantitative estimate of drug-likeness (QED) is 0.502. The van der Waals surface area contributed by atoms with E-state index in [1.165, 1.54) is 22.7 Å². The lowest BCUT2D eigenvalue weighted by Gasteiger charge is -2.24. The van der Waals surface area contributed by atoms with E-state index < -0.39 is 12.0 Å². The lowest BCUT2D eigenvalue weighted by atomic mass is 10.0. The summed E-state index contributed by atoms with van der Waals surface area (Å²) in [6, 6.07) is 8.69. The Bertz CT molecular complexity index is 1400. The molecule has 0 aliphatic carbocycles. The topological polar surface area (TPSA) is 79.1 Å². The zero-order valence-corrected chi connectivity index (χ0v) is 20.6. The summed E-state index contributed by atoms with van der Waals surface area (Å²) in [5.74, 6) is 0.724. The summed E-state index contributed by atoms with van der Waals surface area (Å²) in [5, 5.41) is 1.93. The highest BCUT2D eigenvalue weighted by Gasteiger charge is 2.34. The van der Waals surface area contributed by atoms with Crippen LogP contribution in [0.3, 0.4) is 0 Å². The number of aromatic nitrogens is 1. The predicted octanol–water partition coefficient (Wildman–Crippen LogP) is 3.27. The molecular weight excluding hydrogens is 460 g/mol. The van der Waals surface area contributed by atoms with Crippen molar-refractivity contribution in [3.05, 3.63) is 77.1 Å². The predicted molar refractivity (Wildman–Crippen MR) is 129 cm³/mol. The number of hydrogen-bond donors (Lipinski definition) is 0. The van der Waals surface area contributed by atoms with Gasteiger partial charge >= 0.3 is 5.97 Å². The Morgan fingerprint density at radius 1 is 1.18 bits per heavy atom. The van der Waals surface area contributed by atoms with E-state index in [1.807, 2.05) is 29.6 Å². The molecular formula is C24H24N2O5S2. The molecule has 4 rings (SSSR count). The Morgan fingerprint density at radius 2 is 1.94 bits per heavy atom. The summed E-state index contributed by atoms with van der Waals surface area (Å²) in [4.78, 5) is 32.6. The average molecular weight is 485 g/mol. The first-order valence-electron chi connectivity index (χ1n) is 10.3. The molecule has 1 atom stereocenters. The fraction of sp³-hybridized carbons (Fsp3) is 0.292. The monoisotopic (exact) mass is 484 g/mol. The summed E-state index contributed by atoms with van der Waals surface area (Å²) >= 11 is 2.77.